The van der Waals surface area contributed by atoms with Crippen LogP contribution in [-0.2, 0) is 4.79 Å². The third-order valence-electron chi connectivity index (χ3n) is 5.45. The Hall–Kier alpha value is -0.610. The molecule has 4 heteroatoms. The highest BCUT2D eigenvalue weighted by molar-refractivity contribution is 5.80. The molecule has 0 radical (unpaired) electrons. The van der Waals surface area contributed by atoms with Gasteiger partial charge >= 0.3 is 0 Å². The lowest BCUT2D eigenvalue weighted by atomic mass is 10.0. The molecule has 3 atom stereocenters. The molecule has 1 saturated carbocycles. The maximum atomic E-state index is 12.5. The summed E-state index contributed by atoms with van der Waals surface area (Å²) in [5.74, 6) is 1.15. The van der Waals surface area contributed by atoms with Crippen LogP contribution in [0.3, 0.4) is 0 Å². The molecule has 0 aromatic carbocycles. The van der Waals surface area contributed by atoms with E-state index in [1.54, 1.807) is 0 Å². The van der Waals surface area contributed by atoms with Gasteiger partial charge in [0.15, 0.2) is 0 Å². The Morgan fingerprint density at radius 2 is 1.80 bits per heavy atom. The van der Waals surface area contributed by atoms with Crippen molar-refractivity contribution >= 4 is 5.91 Å². The highest BCUT2D eigenvalue weighted by atomic mass is 16.2. The van der Waals surface area contributed by atoms with Crippen molar-refractivity contribution in [1.29, 1.82) is 0 Å². The fourth-order valence-corrected chi connectivity index (χ4v) is 4.22. The molecule has 0 aromatic heterocycles. The Balaban J connectivity index is 1.47. The minimum atomic E-state index is 0.114. The van der Waals surface area contributed by atoms with Gasteiger partial charge in [-0.25, -0.2) is 0 Å². The molecule has 1 amide bonds. The van der Waals surface area contributed by atoms with E-state index in [0.717, 1.165) is 32.4 Å². The van der Waals surface area contributed by atoms with E-state index < -0.39 is 0 Å². The molecule has 2 N–H and O–H groups in total. The maximum Gasteiger partial charge on any atom is 0.227 e. The van der Waals surface area contributed by atoms with Gasteiger partial charge in [-0.1, -0.05) is 12.8 Å². The summed E-state index contributed by atoms with van der Waals surface area (Å²) in [6.45, 7) is 5.65. The molecule has 20 heavy (non-hydrogen) atoms. The van der Waals surface area contributed by atoms with Gasteiger partial charge < -0.3 is 15.5 Å². The van der Waals surface area contributed by atoms with E-state index in [0.29, 0.717) is 11.8 Å². The van der Waals surface area contributed by atoms with Crippen LogP contribution in [0.1, 0.15) is 44.9 Å². The largest absolute Gasteiger partial charge is 0.342 e. The van der Waals surface area contributed by atoms with E-state index in [1.807, 2.05) is 0 Å². The average Bonchev–Trinajstić information content (AvgIpc) is 3.08. The van der Waals surface area contributed by atoms with Gasteiger partial charge in [-0.05, 0) is 51.1 Å². The number of amides is 1. The van der Waals surface area contributed by atoms with Crippen molar-refractivity contribution in [2.45, 2.75) is 51.0 Å². The number of piperidine rings is 1. The van der Waals surface area contributed by atoms with Crippen molar-refractivity contribution in [2.24, 2.45) is 17.6 Å². The SMILES string of the molecule is N[C@@H]1CCC[C@H]1C(=O)N1CC[C@H](CN2CCCCC2)C1. The van der Waals surface area contributed by atoms with E-state index in [1.165, 1.54) is 45.3 Å². The Morgan fingerprint density at radius 3 is 2.50 bits per heavy atom. The molecule has 3 fully saturated rings. The summed E-state index contributed by atoms with van der Waals surface area (Å²) < 4.78 is 0. The lowest BCUT2D eigenvalue weighted by Crippen LogP contribution is -2.41. The number of rotatable bonds is 3. The van der Waals surface area contributed by atoms with E-state index in [9.17, 15) is 4.79 Å². The summed E-state index contributed by atoms with van der Waals surface area (Å²) in [7, 11) is 0. The molecule has 3 rings (SSSR count). The quantitative estimate of drug-likeness (QED) is 0.850. The van der Waals surface area contributed by atoms with Crippen molar-refractivity contribution in [3.05, 3.63) is 0 Å². The number of carbonyl (C=O) groups excluding carboxylic acids is 1. The van der Waals surface area contributed by atoms with E-state index >= 15 is 0 Å². The number of likely N-dealkylation sites (tertiary alicyclic amines) is 2. The van der Waals surface area contributed by atoms with Crippen LogP contribution < -0.4 is 5.73 Å². The number of hydrogen-bond donors (Lipinski definition) is 1. The van der Waals surface area contributed by atoms with Crippen LogP contribution in [0.4, 0.5) is 0 Å². The van der Waals surface area contributed by atoms with Gasteiger partial charge in [0.1, 0.15) is 0 Å². The highest BCUT2D eigenvalue weighted by Gasteiger charge is 2.36. The first kappa shape index (κ1) is 14.3. The van der Waals surface area contributed by atoms with Crippen LogP contribution in [0.15, 0.2) is 0 Å². The molecule has 0 spiro atoms. The molecule has 2 heterocycles. The molecule has 0 bridgehead atoms. The van der Waals surface area contributed by atoms with E-state index in [-0.39, 0.29) is 12.0 Å². The maximum absolute atomic E-state index is 12.5. The molecule has 3 aliphatic rings. The molecule has 0 aromatic rings. The Labute approximate surface area is 122 Å². The summed E-state index contributed by atoms with van der Waals surface area (Å²) in [4.78, 5) is 17.2. The first-order chi connectivity index (χ1) is 9.74. The van der Waals surface area contributed by atoms with Gasteiger partial charge in [0, 0.05) is 25.7 Å². The topological polar surface area (TPSA) is 49.6 Å². The second kappa shape index (κ2) is 6.44. The van der Waals surface area contributed by atoms with Crippen LogP contribution in [-0.4, -0.2) is 54.5 Å². The minimum Gasteiger partial charge on any atom is -0.342 e. The number of nitrogens with two attached hydrogens (primary N) is 1. The van der Waals surface area contributed by atoms with Crippen molar-refractivity contribution in [3.63, 3.8) is 0 Å². The lowest BCUT2D eigenvalue weighted by molar-refractivity contribution is -0.134. The minimum absolute atomic E-state index is 0.114. The second-order valence-electron chi connectivity index (χ2n) is 7.00. The van der Waals surface area contributed by atoms with Crippen LogP contribution in [0, 0.1) is 11.8 Å². The van der Waals surface area contributed by atoms with Gasteiger partial charge in [-0.3, -0.25) is 4.79 Å². The molecule has 1 aliphatic carbocycles. The Bertz CT molecular complexity index is 341. The van der Waals surface area contributed by atoms with Crippen molar-refractivity contribution in [2.75, 3.05) is 32.7 Å². The van der Waals surface area contributed by atoms with Gasteiger partial charge in [-0.2, -0.15) is 0 Å². The Kier molecular flexibility index (Phi) is 4.61. The van der Waals surface area contributed by atoms with Gasteiger partial charge in [-0.15, -0.1) is 0 Å². The normalized spacial score (nSPS) is 35.6. The second-order valence-corrected chi connectivity index (χ2v) is 7.00. The zero-order chi connectivity index (χ0) is 13.9. The zero-order valence-corrected chi connectivity index (χ0v) is 12.6. The number of carbonyl (C=O) groups is 1. The first-order valence-electron chi connectivity index (χ1n) is 8.51. The molecule has 2 aliphatic heterocycles. The highest BCUT2D eigenvalue weighted by Crippen LogP contribution is 2.28. The predicted octanol–water partition coefficient (Wildman–Crippen LogP) is 1.45. The third-order valence-corrected chi connectivity index (χ3v) is 5.45. The number of hydrogen-bond acceptors (Lipinski definition) is 3. The smallest absolute Gasteiger partial charge is 0.227 e. The summed E-state index contributed by atoms with van der Waals surface area (Å²) in [5, 5.41) is 0. The third kappa shape index (κ3) is 3.17. The van der Waals surface area contributed by atoms with Crippen LogP contribution in [0.25, 0.3) is 0 Å². The first-order valence-corrected chi connectivity index (χ1v) is 8.51. The van der Waals surface area contributed by atoms with Crippen molar-refractivity contribution in [1.82, 2.24) is 9.80 Å². The molecule has 114 valence electrons. The molecule has 0 unspecified atom stereocenters. The van der Waals surface area contributed by atoms with Gasteiger partial charge in [0.25, 0.3) is 0 Å². The van der Waals surface area contributed by atoms with Crippen LogP contribution in [0.5, 0.6) is 0 Å². The summed E-state index contributed by atoms with van der Waals surface area (Å²) >= 11 is 0. The monoisotopic (exact) mass is 279 g/mol. The van der Waals surface area contributed by atoms with Crippen LogP contribution in [0.2, 0.25) is 0 Å². The standard InChI is InChI=1S/C16H29N3O/c17-15-6-4-5-14(15)16(20)19-10-7-13(12-19)11-18-8-2-1-3-9-18/h13-15H,1-12,17H2/t13-,14-,15-/m1/s1. The summed E-state index contributed by atoms with van der Waals surface area (Å²) in [6.07, 6.45) is 8.45. The zero-order valence-electron chi connectivity index (χ0n) is 12.6. The van der Waals surface area contributed by atoms with E-state index in [2.05, 4.69) is 9.80 Å². The van der Waals surface area contributed by atoms with Crippen molar-refractivity contribution < 1.29 is 4.79 Å². The van der Waals surface area contributed by atoms with Crippen molar-refractivity contribution in [3.8, 4) is 0 Å². The predicted molar refractivity (Wildman–Crippen MR) is 80.3 cm³/mol. The van der Waals surface area contributed by atoms with E-state index in [4.69, 9.17) is 5.73 Å². The van der Waals surface area contributed by atoms with Crippen LogP contribution >= 0.6 is 0 Å². The van der Waals surface area contributed by atoms with Gasteiger partial charge in [0.2, 0.25) is 5.91 Å². The average molecular weight is 279 g/mol. The lowest BCUT2D eigenvalue weighted by Gasteiger charge is -2.29. The fourth-order valence-electron chi connectivity index (χ4n) is 4.22. The number of nitrogens with zero attached hydrogens (tertiary/aromatic N) is 2. The molecule has 2 saturated heterocycles. The molecular formula is C16H29N3O. The summed E-state index contributed by atoms with van der Waals surface area (Å²) in [6, 6.07) is 0.114. The van der Waals surface area contributed by atoms with Gasteiger partial charge in [0.05, 0.1) is 5.92 Å². The Morgan fingerprint density at radius 1 is 1.00 bits per heavy atom. The molecular weight excluding hydrogens is 250 g/mol. The summed E-state index contributed by atoms with van der Waals surface area (Å²) in [5.41, 5.74) is 6.08. The molecule has 4 nitrogen and oxygen atoms in total. The fraction of sp³-hybridized carbons (Fsp3) is 0.938.